The summed E-state index contributed by atoms with van der Waals surface area (Å²) in [5, 5.41) is 1.68. The van der Waals surface area contributed by atoms with Crippen LogP contribution in [-0.4, -0.2) is 39.7 Å². The van der Waals surface area contributed by atoms with Gasteiger partial charge in [0, 0.05) is 13.1 Å². The predicted octanol–water partition coefficient (Wildman–Crippen LogP) is 1.73. The summed E-state index contributed by atoms with van der Waals surface area (Å²) in [6, 6.07) is 7.12. The van der Waals surface area contributed by atoms with E-state index in [1.54, 1.807) is 17.1 Å². The van der Waals surface area contributed by atoms with Gasteiger partial charge in [-0.3, -0.25) is 0 Å². The zero-order chi connectivity index (χ0) is 14.6. The number of benzene rings is 1. The lowest BCUT2D eigenvalue weighted by Gasteiger charge is -2.26. The maximum atomic E-state index is 12.3. The van der Waals surface area contributed by atoms with Gasteiger partial charge >= 0.3 is 0 Å². The monoisotopic (exact) mass is 298 g/mol. The van der Waals surface area contributed by atoms with Crippen molar-refractivity contribution >= 4 is 10.0 Å². The van der Waals surface area contributed by atoms with Crippen LogP contribution in [0.2, 0.25) is 0 Å². The number of hydrogen-bond donors (Lipinski definition) is 1. The summed E-state index contributed by atoms with van der Waals surface area (Å²) in [7, 11) is -3.49. The second-order valence-corrected chi connectivity index (χ2v) is 6.73. The Hall–Kier alpha value is -0.950. The first-order valence-electron chi connectivity index (χ1n) is 6.98. The van der Waals surface area contributed by atoms with Gasteiger partial charge in [-0.05, 0) is 30.0 Å². The van der Waals surface area contributed by atoms with Crippen LogP contribution in [0.5, 0.6) is 0 Å². The van der Waals surface area contributed by atoms with Crippen LogP contribution in [0.1, 0.15) is 31.7 Å². The Kier molecular flexibility index (Phi) is 5.15. The van der Waals surface area contributed by atoms with Crippen molar-refractivity contribution in [2.24, 2.45) is 0 Å². The Balaban J connectivity index is 2.08. The third-order valence-electron chi connectivity index (χ3n) is 3.63. The molecular weight excluding hydrogens is 276 g/mol. The van der Waals surface area contributed by atoms with Crippen LogP contribution in [0.25, 0.3) is 0 Å². The van der Waals surface area contributed by atoms with E-state index < -0.39 is 10.0 Å². The van der Waals surface area contributed by atoms with Gasteiger partial charge in [-0.15, -0.1) is 4.83 Å². The summed E-state index contributed by atoms with van der Waals surface area (Å²) in [5.41, 5.74) is 1.16. The molecule has 1 aliphatic heterocycles. The number of ether oxygens (including phenoxy) is 1. The Labute approximate surface area is 120 Å². The quantitative estimate of drug-likeness (QED) is 0.899. The highest BCUT2D eigenvalue weighted by Gasteiger charge is 2.20. The second-order valence-electron chi connectivity index (χ2n) is 5.07. The highest BCUT2D eigenvalue weighted by Crippen LogP contribution is 2.20. The Morgan fingerprint density at radius 2 is 1.85 bits per heavy atom. The molecule has 1 unspecified atom stereocenters. The molecule has 6 heteroatoms. The van der Waals surface area contributed by atoms with Gasteiger partial charge in [-0.1, -0.05) is 26.0 Å². The van der Waals surface area contributed by atoms with Gasteiger partial charge < -0.3 is 4.74 Å². The van der Waals surface area contributed by atoms with Crippen LogP contribution in [0.4, 0.5) is 0 Å². The molecule has 1 N–H and O–H groups in total. The normalized spacial score (nSPS) is 18.9. The number of nitrogens with zero attached hydrogens (tertiary/aromatic N) is 1. The highest BCUT2D eigenvalue weighted by molar-refractivity contribution is 7.89. The molecule has 1 saturated heterocycles. The Bertz CT molecular complexity index is 522. The minimum absolute atomic E-state index is 0.302. The summed E-state index contributed by atoms with van der Waals surface area (Å²) in [5.74, 6) is 0.443. The van der Waals surface area contributed by atoms with Gasteiger partial charge in [-0.25, -0.2) is 13.4 Å². The minimum Gasteiger partial charge on any atom is -0.379 e. The average molecular weight is 298 g/mol. The summed E-state index contributed by atoms with van der Waals surface area (Å²) in [4.78, 5) is 2.90. The van der Waals surface area contributed by atoms with Gasteiger partial charge in [0.1, 0.15) is 0 Å². The molecule has 0 aliphatic carbocycles. The number of hydrogen-bond acceptors (Lipinski definition) is 4. The first-order chi connectivity index (χ1) is 9.53. The van der Waals surface area contributed by atoms with Crippen molar-refractivity contribution in [3.63, 3.8) is 0 Å². The van der Waals surface area contributed by atoms with Crippen LogP contribution in [0, 0.1) is 0 Å². The van der Waals surface area contributed by atoms with Crippen LogP contribution in [-0.2, 0) is 14.8 Å². The topological polar surface area (TPSA) is 58.6 Å². The molecule has 5 nitrogen and oxygen atoms in total. The van der Waals surface area contributed by atoms with Crippen molar-refractivity contribution in [3.05, 3.63) is 29.8 Å². The SMILES string of the molecule is CCC(C)c1ccc(S(=O)(=O)NN2CCOCC2)cc1. The molecule has 0 amide bonds. The molecule has 0 bridgehead atoms. The fourth-order valence-corrected chi connectivity index (χ4v) is 3.21. The first-order valence-corrected chi connectivity index (χ1v) is 8.46. The minimum atomic E-state index is -3.49. The second kappa shape index (κ2) is 6.67. The standard InChI is InChI=1S/C14H22N2O3S/c1-3-12(2)13-4-6-14(7-5-13)20(17,18)15-16-8-10-19-11-9-16/h4-7,12,15H,3,8-11H2,1-2H3. The molecule has 0 radical (unpaired) electrons. The molecule has 20 heavy (non-hydrogen) atoms. The van der Waals surface area contributed by atoms with E-state index in [9.17, 15) is 8.42 Å². The lowest BCUT2D eigenvalue weighted by atomic mass is 9.99. The number of sulfonamides is 1. The molecule has 112 valence electrons. The number of hydrazine groups is 1. The molecule has 1 aromatic rings. The number of rotatable bonds is 5. The molecular formula is C14H22N2O3S. The maximum Gasteiger partial charge on any atom is 0.253 e. The van der Waals surface area contributed by atoms with Crippen molar-refractivity contribution in [1.29, 1.82) is 0 Å². The maximum absolute atomic E-state index is 12.3. The van der Waals surface area contributed by atoms with Crippen LogP contribution in [0.15, 0.2) is 29.2 Å². The summed E-state index contributed by atoms with van der Waals surface area (Å²) >= 11 is 0. The largest absolute Gasteiger partial charge is 0.379 e. The predicted molar refractivity (Wildman–Crippen MR) is 77.9 cm³/mol. The van der Waals surface area contributed by atoms with E-state index in [-0.39, 0.29) is 0 Å². The van der Waals surface area contributed by atoms with E-state index in [0.29, 0.717) is 37.1 Å². The number of morpholine rings is 1. The number of nitrogens with one attached hydrogen (secondary N) is 1. The van der Waals surface area contributed by atoms with E-state index in [4.69, 9.17) is 4.74 Å². The third-order valence-corrected chi connectivity index (χ3v) is 5.02. The smallest absolute Gasteiger partial charge is 0.253 e. The molecule has 0 aromatic heterocycles. The summed E-state index contributed by atoms with van der Waals surface area (Å²) < 4.78 is 29.7. The van der Waals surface area contributed by atoms with Crippen LogP contribution < -0.4 is 4.83 Å². The van der Waals surface area contributed by atoms with Gasteiger partial charge in [0.05, 0.1) is 18.1 Å². The third kappa shape index (κ3) is 3.79. The van der Waals surface area contributed by atoms with E-state index in [0.717, 1.165) is 12.0 Å². The van der Waals surface area contributed by atoms with E-state index in [1.165, 1.54) is 0 Å². The zero-order valence-corrected chi connectivity index (χ0v) is 12.8. The van der Waals surface area contributed by atoms with Gasteiger partial charge in [0.15, 0.2) is 0 Å². The molecule has 1 atom stereocenters. The van der Waals surface area contributed by atoms with E-state index in [2.05, 4.69) is 18.7 Å². The zero-order valence-electron chi connectivity index (χ0n) is 12.0. The van der Waals surface area contributed by atoms with Gasteiger partial charge in [0.2, 0.25) is 0 Å². The van der Waals surface area contributed by atoms with Crippen molar-refractivity contribution in [3.8, 4) is 0 Å². The molecule has 1 aromatic carbocycles. The molecule has 2 rings (SSSR count). The molecule has 1 aliphatic rings. The van der Waals surface area contributed by atoms with E-state index in [1.807, 2.05) is 12.1 Å². The van der Waals surface area contributed by atoms with Crippen molar-refractivity contribution in [2.75, 3.05) is 26.3 Å². The molecule has 1 heterocycles. The molecule has 0 saturated carbocycles. The van der Waals surface area contributed by atoms with Gasteiger partial charge in [0.25, 0.3) is 10.0 Å². The Morgan fingerprint density at radius 1 is 1.25 bits per heavy atom. The lowest BCUT2D eigenvalue weighted by molar-refractivity contribution is 0.0272. The van der Waals surface area contributed by atoms with E-state index >= 15 is 0 Å². The first kappa shape index (κ1) is 15.4. The van der Waals surface area contributed by atoms with Crippen molar-refractivity contribution < 1.29 is 13.2 Å². The lowest BCUT2D eigenvalue weighted by Crippen LogP contribution is -2.48. The fourth-order valence-electron chi connectivity index (χ4n) is 2.09. The van der Waals surface area contributed by atoms with Crippen LogP contribution >= 0.6 is 0 Å². The van der Waals surface area contributed by atoms with Crippen molar-refractivity contribution in [1.82, 2.24) is 9.84 Å². The Morgan fingerprint density at radius 3 is 2.40 bits per heavy atom. The summed E-state index contributed by atoms with van der Waals surface area (Å²) in [6.45, 7) is 6.50. The molecule has 0 spiro atoms. The van der Waals surface area contributed by atoms with Crippen LogP contribution in [0.3, 0.4) is 0 Å². The van der Waals surface area contributed by atoms with Crippen molar-refractivity contribution in [2.45, 2.75) is 31.1 Å². The highest BCUT2D eigenvalue weighted by atomic mass is 32.2. The van der Waals surface area contributed by atoms with Gasteiger partial charge in [-0.2, -0.15) is 0 Å². The summed E-state index contributed by atoms with van der Waals surface area (Å²) in [6.07, 6.45) is 1.04. The molecule has 1 fully saturated rings. The average Bonchev–Trinajstić information content (AvgIpc) is 2.47. The fraction of sp³-hybridized carbons (Fsp3) is 0.571.